The molecule has 1 atom stereocenters. The van der Waals surface area contributed by atoms with Crippen LogP contribution in [0.5, 0.6) is 0 Å². The Morgan fingerprint density at radius 2 is 1.92 bits per heavy atom. The summed E-state index contributed by atoms with van der Waals surface area (Å²) >= 11 is 4.88. The maximum atomic E-state index is 12.7. The summed E-state index contributed by atoms with van der Waals surface area (Å²) in [5.74, 6) is 0.608. The van der Waals surface area contributed by atoms with Crippen LogP contribution in [0.3, 0.4) is 0 Å². The second-order valence-corrected chi connectivity index (χ2v) is 10.4. The molecule has 24 heavy (non-hydrogen) atoms. The second-order valence-electron chi connectivity index (χ2n) is 6.19. The minimum atomic E-state index is -3.00. The van der Waals surface area contributed by atoms with Gasteiger partial charge in [0.2, 0.25) is 5.91 Å². The molecule has 1 unspecified atom stereocenters. The number of rotatable bonds is 7. The van der Waals surface area contributed by atoms with Crippen molar-refractivity contribution >= 4 is 43.4 Å². The fraction of sp³-hybridized carbons (Fsp3) is 0.562. The van der Waals surface area contributed by atoms with Crippen LogP contribution >= 0.6 is 27.7 Å². The van der Waals surface area contributed by atoms with Crippen LogP contribution < -0.4 is 0 Å². The van der Waals surface area contributed by atoms with Crippen molar-refractivity contribution in [2.75, 3.05) is 44.4 Å². The summed E-state index contributed by atoms with van der Waals surface area (Å²) in [6, 6.07) is 7.63. The Bertz CT molecular complexity index is 662. The van der Waals surface area contributed by atoms with Gasteiger partial charge in [-0.25, -0.2) is 8.42 Å². The molecule has 1 aromatic carbocycles. The molecule has 0 aromatic heterocycles. The average molecular weight is 435 g/mol. The third-order valence-corrected chi connectivity index (χ3v) is 7.21. The highest BCUT2D eigenvalue weighted by Crippen LogP contribution is 2.23. The van der Waals surface area contributed by atoms with Crippen molar-refractivity contribution < 1.29 is 13.2 Å². The van der Waals surface area contributed by atoms with E-state index in [-0.39, 0.29) is 23.5 Å². The lowest BCUT2D eigenvalue weighted by Crippen LogP contribution is -2.45. The van der Waals surface area contributed by atoms with Gasteiger partial charge in [-0.05, 0) is 44.8 Å². The van der Waals surface area contributed by atoms with Crippen LogP contribution in [0.15, 0.2) is 33.6 Å². The molecule has 2 rings (SSSR count). The summed E-state index contributed by atoms with van der Waals surface area (Å²) < 4.78 is 24.5. The SMILES string of the molecule is CN(C)CCN(C(=O)CSc1ccc(Br)cc1)C1CCS(=O)(=O)C1. The normalized spacial score (nSPS) is 19.6. The van der Waals surface area contributed by atoms with Crippen LogP contribution in [0, 0.1) is 0 Å². The van der Waals surface area contributed by atoms with Crippen molar-refractivity contribution in [3.63, 3.8) is 0 Å². The predicted molar refractivity (Wildman–Crippen MR) is 102 cm³/mol. The van der Waals surface area contributed by atoms with Crippen LogP contribution in [-0.2, 0) is 14.6 Å². The van der Waals surface area contributed by atoms with Gasteiger partial charge >= 0.3 is 0 Å². The molecular weight excluding hydrogens is 412 g/mol. The molecule has 0 N–H and O–H groups in total. The lowest BCUT2D eigenvalue weighted by Gasteiger charge is -2.29. The lowest BCUT2D eigenvalue weighted by atomic mass is 10.2. The molecule has 0 aliphatic carbocycles. The van der Waals surface area contributed by atoms with E-state index >= 15 is 0 Å². The standard InChI is InChI=1S/C16H23BrN2O3S2/c1-18(2)8-9-19(14-7-10-24(21,22)12-14)16(20)11-23-15-5-3-13(17)4-6-15/h3-6,14H,7-12H2,1-2H3. The van der Waals surface area contributed by atoms with Crippen LogP contribution in [0.1, 0.15) is 6.42 Å². The summed E-state index contributed by atoms with van der Waals surface area (Å²) in [5, 5.41) is 0. The molecule has 1 aromatic rings. The number of likely N-dealkylation sites (N-methyl/N-ethyl adjacent to an activating group) is 1. The smallest absolute Gasteiger partial charge is 0.233 e. The summed E-state index contributed by atoms with van der Waals surface area (Å²) in [4.78, 5) is 17.5. The van der Waals surface area contributed by atoms with Gasteiger partial charge < -0.3 is 9.80 Å². The largest absolute Gasteiger partial charge is 0.337 e. The molecule has 1 heterocycles. The first-order chi connectivity index (χ1) is 11.3. The first kappa shape index (κ1) is 19.8. The van der Waals surface area contributed by atoms with Gasteiger partial charge in [0.1, 0.15) is 0 Å². The molecule has 134 valence electrons. The summed E-state index contributed by atoms with van der Waals surface area (Å²) in [5.41, 5.74) is 0. The first-order valence-electron chi connectivity index (χ1n) is 7.80. The zero-order valence-corrected chi connectivity index (χ0v) is 17.2. The van der Waals surface area contributed by atoms with Crippen molar-refractivity contribution in [3.05, 3.63) is 28.7 Å². The molecule has 0 bridgehead atoms. The number of nitrogens with zero attached hydrogens (tertiary/aromatic N) is 2. The Morgan fingerprint density at radius 1 is 1.25 bits per heavy atom. The van der Waals surface area contributed by atoms with Crippen molar-refractivity contribution in [2.24, 2.45) is 0 Å². The lowest BCUT2D eigenvalue weighted by molar-refractivity contribution is -0.130. The highest BCUT2D eigenvalue weighted by molar-refractivity contribution is 9.10. The topological polar surface area (TPSA) is 57.7 Å². The number of hydrogen-bond acceptors (Lipinski definition) is 5. The molecule has 1 fully saturated rings. The summed E-state index contributed by atoms with van der Waals surface area (Å²) in [6.45, 7) is 1.29. The number of thioether (sulfide) groups is 1. The van der Waals surface area contributed by atoms with Crippen molar-refractivity contribution in [2.45, 2.75) is 17.4 Å². The Labute approximate surface area is 156 Å². The first-order valence-corrected chi connectivity index (χ1v) is 11.4. The predicted octanol–water partition coefficient (Wildman–Crippen LogP) is 2.12. The number of hydrogen-bond donors (Lipinski definition) is 0. The second kappa shape index (κ2) is 8.69. The van der Waals surface area contributed by atoms with Crippen molar-refractivity contribution in [1.29, 1.82) is 0 Å². The summed E-state index contributed by atoms with van der Waals surface area (Å²) in [7, 11) is 0.894. The molecule has 1 aliphatic rings. The van der Waals surface area contributed by atoms with Gasteiger partial charge in [0, 0.05) is 28.5 Å². The van der Waals surface area contributed by atoms with E-state index in [4.69, 9.17) is 0 Å². The van der Waals surface area contributed by atoms with Crippen LogP contribution in [0.4, 0.5) is 0 Å². The van der Waals surface area contributed by atoms with E-state index in [1.54, 1.807) is 4.90 Å². The maximum Gasteiger partial charge on any atom is 0.233 e. The van der Waals surface area contributed by atoms with E-state index in [2.05, 4.69) is 15.9 Å². The quantitative estimate of drug-likeness (QED) is 0.615. The number of sulfone groups is 1. The molecule has 1 saturated heterocycles. The van der Waals surface area contributed by atoms with Gasteiger partial charge in [0.05, 0.1) is 17.3 Å². The van der Waals surface area contributed by atoms with E-state index < -0.39 is 9.84 Å². The summed E-state index contributed by atoms with van der Waals surface area (Å²) in [6.07, 6.45) is 0.546. The van der Waals surface area contributed by atoms with Gasteiger partial charge in [-0.1, -0.05) is 15.9 Å². The Morgan fingerprint density at radius 3 is 2.46 bits per heavy atom. The van der Waals surface area contributed by atoms with Gasteiger partial charge in [0.15, 0.2) is 9.84 Å². The molecule has 5 nitrogen and oxygen atoms in total. The van der Waals surface area contributed by atoms with E-state index in [1.165, 1.54) is 11.8 Å². The Balaban J connectivity index is 1.99. The third-order valence-electron chi connectivity index (χ3n) is 3.93. The molecular formula is C16H23BrN2O3S2. The number of carbonyl (C=O) groups is 1. The van der Waals surface area contributed by atoms with E-state index in [0.717, 1.165) is 15.9 Å². The highest BCUT2D eigenvalue weighted by atomic mass is 79.9. The number of benzene rings is 1. The highest BCUT2D eigenvalue weighted by Gasteiger charge is 2.34. The molecule has 0 spiro atoms. The molecule has 1 amide bonds. The zero-order valence-electron chi connectivity index (χ0n) is 13.9. The zero-order chi connectivity index (χ0) is 17.7. The molecule has 1 aliphatic heterocycles. The van der Waals surface area contributed by atoms with E-state index in [0.29, 0.717) is 18.7 Å². The van der Waals surface area contributed by atoms with Gasteiger partial charge in [-0.2, -0.15) is 0 Å². The van der Waals surface area contributed by atoms with Crippen LogP contribution in [-0.4, -0.2) is 74.6 Å². The molecule has 0 radical (unpaired) electrons. The minimum absolute atomic E-state index is 0.00636. The number of carbonyl (C=O) groups excluding carboxylic acids is 1. The average Bonchev–Trinajstić information content (AvgIpc) is 2.86. The van der Waals surface area contributed by atoms with Crippen LogP contribution in [0.25, 0.3) is 0 Å². The fourth-order valence-electron chi connectivity index (χ4n) is 2.60. The molecule has 8 heteroatoms. The molecule has 0 saturated carbocycles. The van der Waals surface area contributed by atoms with Crippen molar-refractivity contribution in [1.82, 2.24) is 9.80 Å². The number of halogens is 1. The number of amides is 1. The Hall–Kier alpha value is -0.570. The van der Waals surface area contributed by atoms with Gasteiger partial charge in [-0.3, -0.25) is 4.79 Å². The maximum absolute atomic E-state index is 12.7. The fourth-order valence-corrected chi connectivity index (χ4v) is 5.38. The van der Waals surface area contributed by atoms with Crippen molar-refractivity contribution in [3.8, 4) is 0 Å². The van der Waals surface area contributed by atoms with Gasteiger partial charge in [-0.15, -0.1) is 11.8 Å². The van der Waals surface area contributed by atoms with Crippen LogP contribution in [0.2, 0.25) is 0 Å². The monoisotopic (exact) mass is 434 g/mol. The van der Waals surface area contributed by atoms with Gasteiger partial charge in [0.25, 0.3) is 0 Å². The van der Waals surface area contributed by atoms with E-state index in [9.17, 15) is 13.2 Å². The minimum Gasteiger partial charge on any atom is -0.337 e. The third kappa shape index (κ3) is 6.06. The van der Waals surface area contributed by atoms with E-state index in [1.807, 2.05) is 43.3 Å². The Kier molecular flexibility index (Phi) is 7.15.